The van der Waals surface area contributed by atoms with Crippen molar-refractivity contribution in [1.82, 2.24) is 5.43 Å². The van der Waals surface area contributed by atoms with Crippen molar-refractivity contribution in [1.29, 1.82) is 0 Å². The minimum atomic E-state index is -0.388. The summed E-state index contributed by atoms with van der Waals surface area (Å²) in [6, 6.07) is 0.487. The van der Waals surface area contributed by atoms with Gasteiger partial charge in [-0.2, -0.15) is 5.10 Å². The van der Waals surface area contributed by atoms with Crippen molar-refractivity contribution < 1.29 is 9.53 Å². The summed E-state index contributed by atoms with van der Waals surface area (Å²) in [5.74, 6) is -0.388. The van der Waals surface area contributed by atoms with E-state index in [4.69, 9.17) is 0 Å². The second-order valence-electron chi connectivity index (χ2n) is 2.41. The first-order valence-electron chi connectivity index (χ1n) is 3.78. The van der Waals surface area contributed by atoms with Crippen LogP contribution in [0, 0.1) is 0 Å². The molecule has 1 N–H and O–H groups in total. The molecular formula is C7H12N2O2. The lowest BCUT2D eigenvalue weighted by molar-refractivity contribution is -0.134. The Morgan fingerprint density at radius 3 is 3.09 bits per heavy atom. The molecule has 0 unspecified atom stereocenters. The Balaban J connectivity index is 2.06. The lowest BCUT2D eigenvalue weighted by Crippen LogP contribution is -2.12. The molecule has 62 valence electrons. The average molecular weight is 156 g/mol. The molecule has 4 heteroatoms. The van der Waals surface area contributed by atoms with Crippen LogP contribution in [0.5, 0.6) is 0 Å². The van der Waals surface area contributed by atoms with Crippen LogP contribution < -0.4 is 5.43 Å². The van der Waals surface area contributed by atoms with Crippen molar-refractivity contribution in [3.63, 3.8) is 0 Å². The van der Waals surface area contributed by atoms with E-state index < -0.39 is 0 Å². The highest BCUT2D eigenvalue weighted by Gasteiger charge is 2.19. The van der Waals surface area contributed by atoms with Crippen LogP contribution in [0.25, 0.3) is 0 Å². The first-order chi connectivity index (χ1) is 5.33. The van der Waals surface area contributed by atoms with Crippen molar-refractivity contribution in [2.75, 3.05) is 6.61 Å². The number of hydrazone groups is 1. The van der Waals surface area contributed by atoms with Gasteiger partial charge in [0, 0.05) is 6.04 Å². The number of nitrogens with one attached hydrogen (secondary N) is 1. The van der Waals surface area contributed by atoms with Crippen molar-refractivity contribution in [3.05, 3.63) is 0 Å². The number of nitrogens with zero attached hydrogens (tertiary/aromatic N) is 1. The minimum absolute atomic E-state index is 0.388. The van der Waals surface area contributed by atoms with E-state index in [-0.39, 0.29) is 5.97 Å². The molecule has 1 fully saturated rings. The molecule has 0 aromatic rings. The van der Waals surface area contributed by atoms with E-state index in [2.05, 4.69) is 15.3 Å². The van der Waals surface area contributed by atoms with Gasteiger partial charge in [-0.25, -0.2) is 4.79 Å². The maximum atomic E-state index is 10.6. The molecule has 0 bridgehead atoms. The Morgan fingerprint density at radius 2 is 2.55 bits per heavy atom. The molecule has 1 rings (SSSR count). The topological polar surface area (TPSA) is 50.7 Å². The molecule has 0 aromatic heterocycles. The Bertz CT molecular complexity index is 164. The zero-order valence-electron chi connectivity index (χ0n) is 6.54. The lowest BCUT2D eigenvalue weighted by Gasteiger charge is -1.94. The van der Waals surface area contributed by atoms with Gasteiger partial charge in [-0.15, -0.1) is 0 Å². The fourth-order valence-electron chi connectivity index (χ4n) is 0.587. The molecule has 0 aromatic carbocycles. The van der Waals surface area contributed by atoms with Gasteiger partial charge in [0.2, 0.25) is 0 Å². The van der Waals surface area contributed by atoms with E-state index in [1.807, 2.05) is 0 Å². The molecule has 0 spiro atoms. The van der Waals surface area contributed by atoms with Gasteiger partial charge >= 0.3 is 5.97 Å². The Labute approximate surface area is 65.6 Å². The zero-order valence-corrected chi connectivity index (χ0v) is 6.54. The highest BCUT2D eigenvalue weighted by molar-refractivity contribution is 6.23. The van der Waals surface area contributed by atoms with Crippen LogP contribution in [0.15, 0.2) is 5.10 Å². The number of rotatable bonds is 4. The fourth-order valence-corrected chi connectivity index (χ4v) is 0.587. The summed E-state index contributed by atoms with van der Waals surface area (Å²) in [4.78, 5) is 10.6. The highest BCUT2D eigenvalue weighted by Crippen LogP contribution is 2.17. The first kappa shape index (κ1) is 8.04. The molecule has 0 radical (unpaired) electrons. The third-order valence-electron chi connectivity index (χ3n) is 1.29. The number of hydrogen-bond donors (Lipinski definition) is 1. The normalized spacial score (nSPS) is 16.8. The highest BCUT2D eigenvalue weighted by atomic mass is 16.5. The maximum Gasteiger partial charge on any atom is 0.351 e. The summed E-state index contributed by atoms with van der Waals surface area (Å²) in [5.41, 5.74) is 2.81. The fraction of sp³-hybridized carbons (Fsp3) is 0.714. The van der Waals surface area contributed by atoms with Gasteiger partial charge in [-0.1, -0.05) is 0 Å². The molecule has 0 aliphatic heterocycles. The molecule has 1 aliphatic carbocycles. The van der Waals surface area contributed by atoms with Gasteiger partial charge < -0.3 is 10.2 Å². The summed E-state index contributed by atoms with van der Waals surface area (Å²) in [6.45, 7) is 2.16. The van der Waals surface area contributed by atoms with E-state index in [9.17, 15) is 4.79 Å². The van der Waals surface area contributed by atoms with Gasteiger partial charge in [-0.3, -0.25) is 0 Å². The molecule has 1 aliphatic rings. The molecule has 0 heterocycles. The third-order valence-corrected chi connectivity index (χ3v) is 1.29. The van der Waals surface area contributed by atoms with Gasteiger partial charge in [0.1, 0.15) is 6.21 Å². The zero-order chi connectivity index (χ0) is 8.10. The molecular weight excluding hydrogens is 144 g/mol. The van der Waals surface area contributed by atoms with Crippen LogP contribution in [-0.4, -0.2) is 24.8 Å². The number of carbonyl (C=O) groups is 1. The van der Waals surface area contributed by atoms with E-state index >= 15 is 0 Å². The quantitative estimate of drug-likeness (QED) is 0.361. The molecule has 0 amide bonds. The largest absolute Gasteiger partial charge is 0.462 e. The average Bonchev–Trinajstić information content (AvgIpc) is 2.72. The van der Waals surface area contributed by atoms with Gasteiger partial charge in [0.25, 0.3) is 0 Å². The van der Waals surface area contributed by atoms with Crippen molar-refractivity contribution in [2.45, 2.75) is 25.8 Å². The van der Waals surface area contributed by atoms with E-state index in [1.54, 1.807) is 6.92 Å². The van der Waals surface area contributed by atoms with Crippen LogP contribution >= 0.6 is 0 Å². The maximum absolute atomic E-state index is 10.6. The molecule has 0 saturated heterocycles. The predicted molar refractivity (Wildman–Crippen MR) is 41.3 cm³/mol. The van der Waals surface area contributed by atoms with E-state index in [0.29, 0.717) is 12.6 Å². The molecule has 0 atom stereocenters. The standard InChI is InChI=1S/C7H12N2O2/c1-2-11-7(10)5-8-9-6-3-4-6/h5-6,9H,2-4H2,1H3/b8-5+. The van der Waals surface area contributed by atoms with Crippen LogP contribution in [0.3, 0.4) is 0 Å². The van der Waals surface area contributed by atoms with E-state index in [1.165, 1.54) is 6.21 Å². The number of carbonyl (C=O) groups excluding carboxylic acids is 1. The number of hydrogen-bond acceptors (Lipinski definition) is 4. The van der Waals surface area contributed by atoms with Crippen LogP contribution in [0.1, 0.15) is 19.8 Å². The summed E-state index contributed by atoms with van der Waals surface area (Å²) in [7, 11) is 0. The summed E-state index contributed by atoms with van der Waals surface area (Å²) < 4.78 is 4.62. The molecule has 11 heavy (non-hydrogen) atoms. The molecule has 1 saturated carbocycles. The first-order valence-corrected chi connectivity index (χ1v) is 3.78. The summed E-state index contributed by atoms with van der Waals surface area (Å²) in [6.07, 6.45) is 3.47. The number of esters is 1. The van der Waals surface area contributed by atoms with Crippen LogP contribution in [0.4, 0.5) is 0 Å². The second-order valence-corrected chi connectivity index (χ2v) is 2.41. The molecule has 4 nitrogen and oxygen atoms in total. The monoisotopic (exact) mass is 156 g/mol. The Kier molecular flexibility index (Phi) is 2.89. The second kappa shape index (κ2) is 3.95. The number of ether oxygens (including phenoxy) is 1. The van der Waals surface area contributed by atoms with Crippen LogP contribution in [-0.2, 0) is 9.53 Å². The van der Waals surface area contributed by atoms with Crippen molar-refractivity contribution >= 4 is 12.2 Å². The van der Waals surface area contributed by atoms with Crippen molar-refractivity contribution in [2.24, 2.45) is 5.10 Å². The minimum Gasteiger partial charge on any atom is -0.462 e. The van der Waals surface area contributed by atoms with Crippen LogP contribution in [0.2, 0.25) is 0 Å². The van der Waals surface area contributed by atoms with Gasteiger partial charge in [0.15, 0.2) is 0 Å². The summed E-state index contributed by atoms with van der Waals surface area (Å²) >= 11 is 0. The van der Waals surface area contributed by atoms with Gasteiger partial charge in [-0.05, 0) is 19.8 Å². The smallest absolute Gasteiger partial charge is 0.351 e. The van der Waals surface area contributed by atoms with Gasteiger partial charge in [0.05, 0.1) is 6.61 Å². The predicted octanol–water partition coefficient (Wildman–Crippen LogP) is 0.287. The summed E-state index contributed by atoms with van der Waals surface area (Å²) in [5, 5.41) is 3.70. The Morgan fingerprint density at radius 1 is 1.82 bits per heavy atom. The van der Waals surface area contributed by atoms with E-state index in [0.717, 1.165) is 12.8 Å². The lowest BCUT2D eigenvalue weighted by atomic mass is 10.7. The van der Waals surface area contributed by atoms with Crippen molar-refractivity contribution in [3.8, 4) is 0 Å². The third kappa shape index (κ3) is 3.60. The SMILES string of the molecule is CCOC(=O)/C=N/NC1CC1. The Hall–Kier alpha value is -1.06.